The Balaban J connectivity index is 1.78. The number of phenols is 1. The van der Waals surface area contributed by atoms with Crippen LogP contribution in [-0.4, -0.2) is 70.3 Å². The fraction of sp³-hybridized carbons (Fsp3) is 0.500. The molecule has 1 aromatic carbocycles. The number of ether oxygens (including phenoxy) is 1. The summed E-state index contributed by atoms with van der Waals surface area (Å²) in [7, 11) is 3.52. The van der Waals surface area contributed by atoms with E-state index in [1.54, 1.807) is 25.1 Å². The molecule has 1 fully saturated rings. The van der Waals surface area contributed by atoms with Gasteiger partial charge >= 0.3 is 6.09 Å². The molecule has 0 aromatic heterocycles. The fourth-order valence-electron chi connectivity index (χ4n) is 5.76. The zero-order valence-corrected chi connectivity index (χ0v) is 23.1. The summed E-state index contributed by atoms with van der Waals surface area (Å²) in [6.45, 7) is 5.74. The number of hydrogen-bond acceptors (Lipinski definition) is 10. The molecule has 0 bridgehead atoms. The molecule has 1 saturated carbocycles. The van der Waals surface area contributed by atoms with Crippen LogP contribution in [0.15, 0.2) is 23.0 Å². The first-order chi connectivity index (χ1) is 18.5. The number of fused-ring (bicyclic) bond motifs is 3. The van der Waals surface area contributed by atoms with E-state index in [9.17, 15) is 39.6 Å². The van der Waals surface area contributed by atoms with E-state index in [1.807, 2.05) is 20.8 Å². The lowest BCUT2D eigenvalue weighted by molar-refractivity contribution is -0.147. The van der Waals surface area contributed by atoms with Gasteiger partial charge in [-0.2, -0.15) is 0 Å². The van der Waals surface area contributed by atoms with Gasteiger partial charge < -0.3 is 41.1 Å². The number of primary amides is 1. The number of nitrogens with one attached hydrogen (secondary N) is 1. The molecule has 0 aliphatic heterocycles. The highest BCUT2D eigenvalue weighted by molar-refractivity contribution is 6.22. The Morgan fingerprint density at radius 2 is 1.82 bits per heavy atom. The van der Waals surface area contributed by atoms with Gasteiger partial charge in [0.2, 0.25) is 5.78 Å². The molecule has 40 heavy (non-hydrogen) atoms. The number of nitrogens with two attached hydrogens (primary N) is 1. The number of carbonyl (C=O) groups excluding carboxylic acids is 4. The molecule has 3 atom stereocenters. The Hall–Kier alpha value is -4.06. The summed E-state index contributed by atoms with van der Waals surface area (Å²) in [5.74, 6) is -6.90. The zero-order valence-electron chi connectivity index (χ0n) is 23.1. The number of anilines is 1. The van der Waals surface area contributed by atoms with E-state index in [2.05, 4.69) is 5.32 Å². The molecule has 0 saturated heterocycles. The van der Waals surface area contributed by atoms with Gasteiger partial charge in [0.15, 0.2) is 11.4 Å². The molecular weight excluding hydrogens is 522 g/mol. The van der Waals surface area contributed by atoms with Crippen LogP contribution in [0.3, 0.4) is 0 Å². The highest BCUT2D eigenvalue weighted by atomic mass is 16.5. The van der Waals surface area contributed by atoms with Crippen molar-refractivity contribution in [2.24, 2.45) is 23.0 Å². The highest BCUT2D eigenvalue weighted by Crippen LogP contribution is 2.53. The minimum atomic E-state index is -2.63. The Labute approximate surface area is 231 Å². The number of ketones is 2. The van der Waals surface area contributed by atoms with Crippen molar-refractivity contribution in [3.63, 3.8) is 0 Å². The first kappa shape index (κ1) is 28.9. The maximum absolute atomic E-state index is 13.7. The lowest BCUT2D eigenvalue weighted by Crippen LogP contribution is -2.58. The molecule has 12 heteroatoms. The number of amides is 2. The average Bonchev–Trinajstić information content (AvgIpc) is 2.83. The molecule has 3 aliphatic rings. The maximum Gasteiger partial charge on any atom is 0.407 e. The van der Waals surface area contributed by atoms with E-state index in [0.29, 0.717) is 11.3 Å². The van der Waals surface area contributed by atoms with E-state index >= 15 is 0 Å². The minimum Gasteiger partial charge on any atom is -0.508 e. The van der Waals surface area contributed by atoms with Gasteiger partial charge in [-0.05, 0) is 35.8 Å². The Kier molecular flexibility index (Phi) is 7.12. The summed E-state index contributed by atoms with van der Waals surface area (Å²) in [4.78, 5) is 52.0. The smallest absolute Gasteiger partial charge is 0.407 e. The number of nitrogens with zero attached hydrogens (tertiary/aromatic N) is 1. The number of rotatable bonds is 5. The lowest BCUT2D eigenvalue weighted by atomic mass is 9.59. The third-order valence-corrected chi connectivity index (χ3v) is 7.66. The first-order valence-corrected chi connectivity index (χ1v) is 12.9. The van der Waals surface area contributed by atoms with Crippen LogP contribution in [0.4, 0.5) is 10.5 Å². The molecule has 2 amide bonds. The second kappa shape index (κ2) is 9.84. The maximum atomic E-state index is 13.7. The third kappa shape index (κ3) is 4.66. The third-order valence-electron chi connectivity index (χ3n) is 7.66. The summed E-state index contributed by atoms with van der Waals surface area (Å²) >= 11 is 0. The van der Waals surface area contributed by atoms with Crippen molar-refractivity contribution in [1.82, 2.24) is 5.32 Å². The van der Waals surface area contributed by atoms with Gasteiger partial charge in [-0.3, -0.25) is 14.4 Å². The van der Waals surface area contributed by atoms with Gasteiger partial charge in [-0.25, -0.2) is 4.79 Å². The van der Waals surface area contributed by atoms with E-state index < -0.39 is 58.1 Å². The molecule has 0 spiro atoms. The van der Waals surface area contributed by atoms with Crippen LogP contribution in [0.2, 0.25) is 0 Å². The molecule has 0 radical (unpaired) electrons. The number of alkyl carbamates (subject to hydrolysis) is 1. The second-order valence-electron chi connectivity index (χ2n) is 12.0. The van der Waals surface area contributed by atoms with Gasteiger partial charge in [-0.1, -0.05) is 20.8 Å². The van der Waals surface area contributed by atoms with Crippen molar-refractivity contribution in [1.29, 1.82) is 0 Å². The number of aromatic hydroxyl groups is 1. The van der Waals surface area contributed by atoms with Crippen LogP contribution in [-0.2, 0) is 32.1 Å². The Bertz CT molecular complexity index is 1390. The van der Waals surface area contributed by atoms with Crippen molar-refractivity contribution in [2.75, 3.05) is 25.6 Å². The number of phenolic OH excluding ortho intramolecular Hbond substituents is 1. The van der Waals surface area contributed by atoms with Gasteiger partial charge in [0.25, 0.3) is 5.91 Å². The highest BCUT2D eigenvalue weighted by Gasteiger charge is 2.60. The molecule has 4 rings (SSSR count). The van der Waals surface area contributed by atoms with Crippen LogP contribution in [0, 0.1) is 17.3 Å². The number of aliphatic hydroxyl groups is 3. The van der Waals surface area contributed by atoms with Gasteiger partial charge in [-0.15, -0.1) is 0 Å². The quantitative estimate of drug-likeness (QED) is 0.290. The molecule has 216 valence electrons. The standard InChI is InChI=1S/C28H35N3O9/c1-27(2,3)11-40-26(38)30-10-13-8-16(31(4)5)15-7-12-6-14-9-17(32)20(25(29)37)24(36)28(14,39)23(35)18(12)22(34)19(15)21(13)33/h8,12,14,33-34,36,39H,6-7,9-11H2,1-5H3,(H2,29,37)(H,30,38)/t12-,14+,28+/m1/s1. The van der Waals surface area contributed by atoms with Crippen molar-refractivity contribution >= 4 is 35.0 Å². The number of carbonyl (C=O) groups is 4. The topological polar surface area (TPSA) is 200 Å². The van der Waals surface area contributed by atoms with Crippen molar-refractivity contribution in [3.05, 3.63) is 39.7 Å². The summed E-state index contributed by atoms with van der Waals surface area (Å²) < 4.78 is 5.21. The van der Waals surface area contributed by atoms with Crippen molar-refractivity contribution in [3.8, 4) is 5.75 Å². The molecule has 0 heterocycles. The average molecular weight is 558 g/mol. The number of benzene rings is 1. The first-order valence-electron chi connectivity index (χ1n) is 12.9. The molecule has 12 nitrogen and oxygen atoms in total. The van der Waals surface area contributed by atoms with Gasteiger partial charge in [0, 0.05) is 49.8 Å². The predicted octanol–water partition coefficient (Wildman–Crippen LogP) is 1.76. The number of hydrogen-bond donors (Lipinski definition) is 6. The van der Waals surface area contributed by atoms with Crippen LogP contribution >= 0.6 is 0 Å². The van der Waals surface area contributed by atoms with Gasteiger partial charge in [0.1, 0.15) is 22.8 Å². The SMILES string of the molecule is CN(C)c1cc(CNC(=O)OCC(C)(C)C)c(O)c2c1C[C@H]1C[C@H]3CC(=O)C(C(N)=O)=C(O)[C@@]3(O)C(=O)C1=C2O. The minimum absolute atomic E-state index is 0.0411. The monoisotopic (exact) mass is 557 g/mol. The summed E-state index contributed by atoms with van der Waals surface area (Å²) in [6, 6.07) is 1.66. The van der Waals surface area contributed by atoms with Crippen molar-refractivity contribution < 1.29 is 44.3 Å². The summed E-state index contributed by atoms with van der Waals surface area (Å²) in [6.07, 6.45) is -0.865. The summed E-state index contributed by atoms with van der Waals surface area (Å²) in [5, 5.41) is 47.3. The van der Waals surface area contributed by atoms with Crippen LogP contribution in [0.25, 0.3) is 5.76 Å². The van der Waals surface area contributed by atoms with E-state index in [1.165, 1.54) is 0 Å². The van der Waals surface area contributed by atoms with E-state index in [4.69, 9.17) is 10.5 Å². The van der Waals surface area contributed by atoms with Crippen LogP contribution in [0.1, 0.15) is 50.3 Å². The summed E-state index contributed by atoms with van der Waals surface area (Å²) in [5.41, 5.74) is 2.62. The largest absolute Gasteiger partial charge is 0.508 e. The number of Topliss-reactive ketones (excluding diaryl/α,β-unsaturated/α-hetero) is 2. The second-order valence-corrected chi connectivity index (χ2v) is 12.0. The number of aliphatic hydroxyl groups excluding tert-OH is 2. The normalized spacial score (nSPS) is 24.2. The molecule has 7 N–H and O–H groups in total. The molecular formula is C28H35N3O9. The predicted molar refractivity (Wildman–Crippen MR) is 143 cm³/mol. The van der Waals surface area contributed by atoms with Crippen molar-refractivity contribution in [2.45, 2.75) is 52.2 Å². The molecule has 1 aromatic rings. The van der Waals surface area contributed by atoms with E-state index in [0.717, 1.165) is 0 Å². The van der Waals surface area contributed by atoms with Gasteiger partial charge in [0.05, 0.1) is 12.2 Å². The van der Waals surface area contributed by atoms with E-state index in [-0.39, 0.29) is 60.3 Å². The van der Waals surface area contributed by atoms with Crippen LogP contribution < -0.4 is 16.0 Å². The van der Waals surface area contributed by atoms with Crippen LogP contribution in [0.5, 0.6) is 5.75 Å². The Morgan fingerprint density at radius 3 is 2.40 bits per heavy atom. The Morgan fingerprint density at radius 1 is 1.18 bits per heavy atom. The molecule has 3 aliphatic carbocycles. The zero-order chi connectivity index (χ0) is 29.9. The molecule has 0 unspecified atom stereocenters. The fourth-order valence-corrected chi connectivity index (χ4v) is 5.76. The lowest BCUT2D eigenvalue weighted by Gasteiger charge is -2.46.